The zero-order chi connectivity index (χ0) is 13.0. The molecule has 1 saturated heterocycles. The van der Waals surface area contributed by atoms with Crippen LogP contribution in [0.15, 0.2) is 17.5 Å². The number of rotatable bonds is 4. The molecule has 1 fully saturated rings. The molecule has 2 N–H and O–H groups in total. The van der Waals surface area contributed by atoms with Gasteiger partial charge in [-0.1, -0.05) is 6.07 Å². The summed E-state index contributed by atoms with van der Waals surface area (Å²) in [5.74, 6) is 0.235. The summed E-state index contributed by atoms with van der Waals surface area (Å²) in [6, 6.07) is 3.47. The van der Waals surface area contributed by atoms with Crippen molar-refractivity contribution in [1.82, 2.24) is 10.6 Å². The Morgan fingerprint density at radius 1 is 1.50 bits per heavy atom. The molecule has 7 heteroatoms. The van der Waals surface area contributed by atoms with E-state index < -0.39 is 9.84 Å². The van der Waals surface area contributed by atoms with Crippen LogP contribution in [0.4, 0.5) is 4.79 Å². The van der Waals surface area contributed by atoms with Crippen molar-refractivity contribution in [2.75, 3.05) is 18.1 Å². The fourth-order valence-electron chi connectivity index (χ4n) is 1.90. The van der Waals surface area contributed by atoms with Crippen molar-refractivity contribution >= 4 is 27.2 Å². The molecule has 0 bridgehead atoms. The largest absolute Gasteiger partial charge is 0.338 e. The van der Waals surface area contributed by atoms with E-state index in [-0.39, 0.29) is 23.6 Å². The Morgan fingerprint density at radius 3 is 2.94 bits per heavy atom. The molecule has 2 heterocycles. The maximum absolute atomic E-state index is 11.5. The highest BCUT2D eigenvalue weighted by Gasteiger charge is 2.28. The van der Waals surface area contributed by atoms with Gasteiger partial charge in [0.1, 0.15) is 0 Å². The van der Waals surface area contributed by atoms with Crippen molar-refractivity contribution in [3.63, 3.8) is 0 Å². The molecule has 1 aliphatic heterocycles. The van der Waals surface area contributed by atoms with Crippen molar-refractivity contribution in [2.45, 2.75) is 18.9 Å². The van der Waals surface area contributed by atoms with Gasteiger partial charge < -0.3 is 10.6 Å². The molecular formula is C11H16N2O3S2. The van der Waals surface area contributed by atoms with Gasteiger partial charge in [-0.25, -0.2) is 13.2 Å². The Balaban J connectivity index is 1.67. The van der Waals surface area contributed by atoms with Gasteiger partial charge in [-0.15, -0.1) is 11.3 Å². The Labute approximate surface area is 111 Å². The Morgan fingerprint density at radius 2 is 2.33 bits per heavy atom. The van der Waals surface area contributed by atoms with Crippen molar-refractivity contribution in [3.05, 3.63) is 22.4 Å². The van der Waals surface area contributed by atoms with Gasteiger partial charge in [-0.3, -0.25) is 0 Å². The first-order chi connectivity index (χ1) is 8.55. The van der Waals surface area contributed by atoms with Crippen molar-refractivity contribution in [1.29, 1.82) is 0 Å². The van der Waals surface area contributed by atoms with Gasteiger partial charge in [0.25, 0.3) is 0 Å². The number of carbonyl (C=O) groups excluding carboxylic acids is 1. The average Bonchev–Trinajstić information content (AvgIpc) is 2.88. The quantitative estimate of drug-likeness (QED) is 0.859. The van der Waals surface area contributed by atoms with Gasteiger partial charge in [-0.05, 0) is 24.3 Å². The molecule has 18 heavy (non-hydrogen) atoms. The van der Waals surface area contributed by atoms with Gasteiger partial charge >= 0.3 is 6.03 Å². The number of hydrogen-bond acceptors (Lipinski definition) is 4. The van der Waals surface area contributed by atoms with Crippen LogP contribution in [-0.4, -0.2) is 38.5 Å². The van der Waals surface area contributed by atoms with Crippen LogP contribution >= 0.6 is 11.3 Å². The molecule has 0 radical (unpaired) electrons. The average molecular weight is 288 g/mol. The fraction of sp³-hybridized carbons (Fsp3) is 0.545. The van der Waals surface area contributed by atoms with Crippen molar-refractivity contribution in [3.8, 4) is 0 Å². The first kappa shape index (κ1) is 13.4. The third-order valence-corrected chi connectivity index (χ3v) is 5.51. The molecule has 1 aliphatic rings. The highest BCUT2D eigenvalue weighted by molar-refractivity contribution is 7.91. The Kier molecular flexibility index (Phi) is 4.23. The summed E-state index contributed by atoms with van der Waals surface area (Å²) in [5.41, 5.74) is 0. The summed E-state index contributed by atoms with van der Waals surface area (Å²) in [6.07, 6.45) is 1.31. The summed E-state index contributed by atoms with van der Waals surface area (Å²) >= 11 is 1.66. The number of sulfone groups is 1. The molecule has 5 nitrogen and oxygen atoms in total. The van der Waals surface area contributed by atoms with E-state index in [0.717, 1.165) is 6.42 Å². The van der Waals surface area contributed by atoms with Gasteiger partial charge in [0.15, 0.2) is 9.84 Å². The number of urea groups is 1. The fourth-order valence-corrected chi connectivity index (χ4v) is 4.28. The Hall–Kier alpha value is -1.08. The van der Waals surface area contributed by atoms with Gasteiger partial charge in [0.2, 0.25) is 0 Å². The molecule has 100 valence electrons. The van der Waals surface area contributed by atoms with Crippen molar-refractivity contribution in [2.24, 2.45) is 0 Å². The van der Waals surface area contributed by atoms with Crippen LogP contribution in [0.3, 0.4) is 0 Å². The predicted molar refractivity (Wildman–Crippen MR) is 71.6 cm³/mol. The molecule has 2 amide bonds. The number of nitrogens with one attached hydrogen (secondary N) is 2. The molecule has 0 aliphatic carbocycles. The third-order valence-electron chi connectivity index (χ3n) is 2.80. The molecule has 0 saturated carbocycles. The maximum Gasteiger partial charge on any atom is 0.315 e. The first-order valence-corrected chi connectivity index (χ1v) is 8.52. The van der Waals surface area contributed by atoms with E-state index >= 15 is 0 Å². The Bertz CT molecular complexity index is 496. The molecule has 1 atom stereocenters. The maximum atomic E-state index is 11.5. The predicted octanol–water partition coefficient (Wildman–Crippen LogP) is 0.777. The molecule has 1 aromatic rings. The lowest BCUT2D eigenvalue weighted by molar-refractivity contribution is 0.238. The number of amides is 2. The summed E-state index contributed by atoms with van der Waals surface area (Å²) in [5, 5.41) is 7.42. The number of hydrogen-bond donors (Lipinski definition) is 2. The second-order valence-corrected chi connectivity index (χ2v) is 7.59. The molecule has 0 unspecified atom stereocenters. The lowest BCUT2D eigenvalue weighted by atomic mass is 10.3. The molecular weight excluding hydrogens is 272 g/mol. The smallest absolute Gasteiger partial charge is 0.315 e. The van der Waals surface area contributed by atoms with E-state index in [9.17, 15) is 13.2 Å². The normalized spacial score (nSPS) is 21.7. The summed E-state index contributed by atoms with van der Waals surface area (Å²) in [7, 11) is -2.94. The van der Waals surface area contributed by atoms with E-state index in [1.54, 1.807) is 11.3 Å². The zero-order valence-electron chi connectivity index (χ0n) is 9.89. The van der Waals surface area contributed by atoms with Crippen molar-refractivity contribution < 1.29 is 13.2 Å². The molecule has 2 rings (SSSR count). The van der Waals surface area contributed by atoms with Crippen LogP contribution in [0, 0.1) is 0 Å². The lowest BCUT2D eigenvalue weighted by Gasteiger charge is -2.11. The molecule has 1 aromatic heterocycles. The van der Waals surface area contributed by atoms with E-state index in [1.807, 2.05) is 17.5 Å². The van der Waals surface area contributed by atoms with E-state index in [1.165, 1.54) is 4.88 Å². The summed E-state index contributed by atoms with van der Waals surface area (Å²) in [6.45, 7) is 0.561. The van der Waals surface area contributed by atoms with Crippen LogP contribution in [0.2, 0.25) is 0 Å². The summed E-state index contributed by atoms with van der Waals surface area (Å²) in [4.78, 5) is 12.7. The second-order valence-electron chi connectivity index (χ2n) is 4.33. The van der Waals surface area contributed by atoms with Crippen LogP contribution in [0.1, 0.15) is 11.3 Å². The monoisotopic (exact) mass is 288 g/mol. The van der Waals surface area contributed by atoms with Crippen LogP contribution in [-0.2, 0) is 16.3 Å². The molecule has 0 spiro atoms. The second kappa shape index (κ2) is 5.71. The SMILES string of the molecule is O=C(NCCc1cccs1)N[C@H]1CCS(=O)(=O)C1. The first-order valence-electron chi connectivity index (χ1n) is 5.82. The van der Waals surface area contributed by atoms with Crippen LogP contribution < -0.4 is 10.6 Å². The number of carbonyl (C=O) groups is 1. The zero-order valence-corrected chi connectivity index (χ0v) is 11.5. The van der Waals surface area contributed by atoms with Crippen LogP contribution in [0.5, 0.6) is 0 Å². The summed E-state index contributed by atoms with van der Waals surface area (Å²) < 4.78 is 22.4. The number of thiophene rings is 1. The highest BCUT2D eigenvalue weighted by atomic mass is 32.2. The standard InChI is InChI=1S/C11H16N2O3S2/c14-11(12-5-3-10-2-1-6-17-10)13-9-4-7-18(15,16)8-9/h1-2,6,9H,3-5,7-8H2,(H2,12,13,14)/t9-/m0/s1. The topological polar surface area (TPSA) is 75.3 Å². The van der Waals surface area contributed by atoms with Gasteiger partial charge in [0, 0.05) is 17.5 Å². The van der Waals surface area contributed by atoms with Crippen LogP contribution in [0.25, 0.3) is 0 Å². The molecule has 0 aromatic carbocycles. The minimum Gasteiger partial charge on any atom is -0.338 e. The van der Waals surface area contributed by atoms with Gasteiger partial charge in [-0.2, -0.15) is 0 Å². The van der Waals surface area contributed by atoms with E-state index in [2.05, 4.69) is 10.6 Å². The highest BCUT2D eigenvalue weighted by Crippen LogP contribution is 2.11. The third kappa shape index (κ3) is 3.99. The lowest BCUT2D eigenvalue weighted by Crippen LogP contribution is -2.43. The minimum atomic E-state index is -2.94. The van der Waals surface area contributed by atoms with E-state index in [4.69, 9.17) is 0 Å². The minimum absolute atomic E-state index is 0.0609. The van der Waals surface area contributed by atoms with Gasteiger partial charge in [0.05, 0.1) is 11.5 Å². The van der Waals surface area contributed by atoms with E-state index in [0.29, 0.717) is 13.0 Å².